The summed E-state index contributed by atoms with van der Waals surface area (Å²) in [5.74, 6) is 0.541. The average Bonchev–Trinajstić information content (AvgIpc) is 3.17. The van der Waals surface area contributed by atoms with Crippen molar-refractivity contribution in [3.05, 3.63) is 64.2 Å². The fraction of sp³-hybridized carbons (Fsp3) is 0.300. The summed E-state index contributed by atoms with van der Waals surface area (Å²) in [6.07, 6.45) is 0. The van der Waals surface area contributed by atoms with Crippen LogP contribution in [0.2, 0.25) is 5.02 Å². The Kier molecular flexibility index (Phi) is 4.24. The first-order chi connectivity index (χ1) is 12.5. The van der Waals surface area contributed by atoms with Crippen LogP contribution in [-0.2, 0) is 9.67 Å². The Balaban J connectivity index is 1.84. The summed E-state index contributed by atoms with van der Waals surface area (Å²) in [5, 5.41) is 0.573. The van der Waals surface area contributed by atoms with E-state index in [0.717, 1.165) is 16.8 Å². The van der Waals surface area contributed by atoms with Gasteiger partial charge in [0.1, 0.15) is 0 Å². The standard InChI is InChI=1S/C20H19ClN2O2S/c1-3-22-17-9-8-15(21)12-16(17)20(19(22)25)23(10-11-26-20)18(24)14-6-4-13(2)5-7-14/h4-9,12H,3,10-11H2,1-2H3. The van der Waals surface area contributed by atoms with E-state index in [0.29, 0.717) is 29.4 Å². The maximum absolute atomic E-state index is 13.4. The van der Waals surface area contributed by atoms with Gasteiger partial charge < -0.3 is 9.80 Å². The van der Waals surface area contributed by atoms with E-state index in [1.165, 1.54) is 11.8 Å². The molecule has 1 unspecified atom stereocenters. The van der Waals surface area contributed by atoms with Gasteiger partial charge in [0.25, 0.3) is 11.8 Å². The van der Waals surface area contributed by atoms with Gasteiger partial charge in [0, 0.05) is 35.0 Å². The van der Waals surface area contributed by atoms with Crippen LogP contribution < -0.4 is 4.90 Å². The molecule has 2 aliphatic rings. The lowest BCUT2D eigenvalue weighted by atomic mass is 10.0. The number of hydrogen-bond acceptors (Lipinski definition) is 3. The van der Waals surface area contributed by atoms with Gasteiger partial charge in [0.2, 0.25) is 0 Å². The van der Waals surface area contributed by atoms with Gasteiger partial charge in [-0.25, -0.2) is 0 Å². The number of carbonyl (C=O) groups excluding carboxylic acids is 2. The maximum atomic E-state index is 13.4. The van der Waals surface area contributed by atoms with Crippen LogP contribution in [0, 0.1) is 6.92 Å². The molecule has 4 nitrogen and oxygen atoms in total. The summed E-state index contributed by atoms with van der Waals surface area (Å²) in [5.41, 5.74) is 3.36. The summed E-state index contributed by atoms with van der Waals surface area (Å²) in [6.45, 7) is 5.02. The lowest BCUT2D eigenvalue weighted by Crippen LogP contribution is -2.50. The molecule has 2 heterocycles. The molecule has 1 saturated heterocycles. The topological polar surface area (TPSA) is 40.6 Å². The molecule has 2 amide bonds. The second kappa shape index (κ2) is 6.32. The highest BCUT2D eigenvalue weighted by molar-refractivity contribution is 8.01. The van der Waals surface area contributed by atoms with Crippen molar-refractivity contribution in [3.8, 4) is 0 Å². The van der Waals surface area contributed by atoms with Crippen molar-refractivity contribution >= 4 is 40.9 Å². The van der Waals surface area contributed by atoms with Crippen molar-refractivity contribution in [1.29, 1.82) is 0 Å². The van der Waals surface area contributed by atoms with Gasteiger partial charge in [-0.1, -0.05) is 29.3 Å². The largest absolute Gasteiger partial charge is 0.311 e. The number of carbonyl (C=O) groups is 2. The number of likely N-dealkylation sites (N-methyl/N-ethyl adjacent to an activating group) is 1. The Morgan fingerprint density at radius 3 is 2.65 bits per heavy atom. The van der Waals surface area contributed by atoms with Crippen LogP contribution in [0.1, 0.15) is 28.4 Å². The first-order valence-electron chi connectivity index (χ1n) is 8.63. The minimum absolute atomic E-state index is 0.0553. The Hall–Kier alpha value is -1.98. The third-order valence-electron chi connectivity index (χ3n) is 5.02. The average molecular weight is 387 g/mol. The number of anilines is 1. The zero-order valence-corrected chi connectivity index (χ0v) is 16.2. The van der Waals surface area contributed by atoms with E-state index < -0.39 is 4.87 Å². The molecule has 0 radical (unpaired) electrons. The first kappa shape index (κ1) is 17.4. The van der Waals surface area contributed by atoms with Gasteiger partial charge in [-0.2, -0.15) is 0 Å². The van der Waals surface area contributed by atoms with Crippen LogP contribution in [0.5, 0.6) is 0 Å². The van der Waals surface area contributed by atoms with Crippen LogP contribution in [0.4, 0.5) is 5.69 Å². The molecule has 26 heavy (non-hydrogen) atoms. The number of fused-ring (bicyclic) bond motifs is 2. The summed E-state index contributed by atoms with van der Waals surface area (Å²) < 4.78 is 0. The zero-order valence-electron chi connectivity index (χ0n) is 14.7. The van der Waals surface area contributed by atoms with Gasteiger partial charge in [0.05, 0.1) is 5.69 Å². The highest BCUT2D eigenvalue weighted by Gasteiger charge is 2.59. The molecule has 2 aromatic carbocycles. The van der Waals surface area contributed by atoms with E-state index in [1.54, 1.807) is 15.9 Å². The molecule has 2 aromatic rings. The van der Waals surface area contributed by atoms with Gasteiger partial charge >= 0.3 is 0 Å². The molecule has 0 aliphatic carbocycles. The zero-order chi connectivity index (χ0) is 18.5. The lowest BCUT2D eigenvalue weighted by molar-refractivity contribution is -0.123. The molecule has 1 fully saturated rings. The SMILES string of the molecule is CCN1C(=O)C2(SCCN2C(=O)c2ccc(C)cc2)c2cc(Cl)ccc21. The van der Waals surface area contributed by atoms with Crippen molar-refractivity contribution in [2.75, 3.05) is 23.7 Å². The molecule has 4 rings (SSSR count). The number of thioether (sulfide) groups is 1. The predicted molar refractivity (Wildman–Crippen MR) is 106 cm³/mol. The molecule has 0 saturated carbocycles. The molecule has 0 aromatic heterocycles. The van der Waals surface area contributed by atoms with E-state index in [1.807, 2.05) is 50.2 Å². The Bertz CT molecular complexity index is 899. The minimum atomic E-state index is -1.02. The summed E-state index contributed by atoms with van der Waals surface area (Å²) in [6, 6.07) is 13.0. The summed E-state index contributed by atoms with van der Waals surface area (Å²) in [4.78, 5) is 29.1. The van der Waals surface area contributed by atoms with E-state index >= 15 is 0 Å². The lowest BCUT2D eigenvalue weighted by Gasteiger charge is -2.33. The molecular weight excluding hydrogens is 368 g/mol. The number of hydrogen-bond donors (Lipinski definition) is 0. The molecular formula is C20H19ClN2O2S. The fourth-order valence-electron chi connectivity index (χ4n) is 3.75. The minimum Gasteiger partial charge on any atom is -0.311 e. The van der Waals surface area contributed by atoms with E-state index in [2.05, 4.69) is 0 Å². The van der Waals surface area contributed by atoms with Gasteiger partial charge in [-0.3, -0.25) is 9.59 Å². The molecule has 134 valence electrons. The highest BCUT2D eigenvalue weighted by Crippen LogP contribution is 2.54. The molecule has 1 spiro atoms. The first-order valence-corrected chi connectivity index (χ1v) is 10.00. The monoisotopic (exact) mass is 386 g/mol. The number of nitrogens with zero attached hydrogens (tertiary/aromatic N) is 2. The quantitative estimate of drug-likeness (QED) is 0.781. The fourth-order valence-corrected chi connectivity index (χ4v) is 5.38. The molecule has 0 bridgehead atoms. The molecule has 1 atom stereocenters. The maximum Gasteiger partial charge on any atom is 0.268 e. The number of rotatable bonds is 2. The summed E-state index contributed by atoms with van der Waals surface area (Å²) in [7, 11) is 0. The number of amides is 2. The van der Waals surface area contributed by atoms with Crippen molar-refractivity contribution in [1.82, 2.24) is 4.90 Å². The number of benzene rings is 2. The normalized spacial score (nSPS) is 21.6. The van der Waals surface area contributed by atoms with Crippen molar-refractivity contribution in [3.63, 3.8) is 0 Å². The third kappa shape index (κ3) is 2.37. The molecule has 2 aliphatic heterocycles. The third-order valence-corrected chi connectivity index (χ3v) is 6.67. The molecule has 6 heteroatoms. The Labute approximate surface area is 162 Å². The molecule has 0 N–H and O–H groups in total. The highest BCUT2D eigenvalue weighted by atomic mass is 35.5. The van der Waals surface area contributed by atoms with Crippen LogP contribution in [0.15, 0.2) is 42.5 Å². The number of halogens is 1. The van der Waals surface area contributed by atoms with Gasteiger partial charge in [-0.15, -0.1) is 11.8 Å². The predicted octanol–water partition coefficient (Wildman–Crippen LogP) is 4.06. The van der Waals surface area contributed by atoms with Crippen molar-refractivity contribution in [2.45, 2.75) is 18.7 Å². The van der Waals surface area contributed by atoms with E-state index in [4.69, 9.17) is 11.6 Å². The van der Waals surface area contributed by atoms with E-state index in [9.17, 15) is 9.59 Å². The number of aryl methyl sites for hydroxylation is 1. The smallest absolute Gasteiger partial charge is 0.268 e. The van der Waals surface area contributed by atoms with Gasteiger partial charge in [0.15, 0.2) is 4.87 Å². The van der Waals surface area contributed by atoms with Crippen molar-refractivity contribution in [2.24, 2.45) is 0 Å². The van der Waals surface area contributed by atoms with Crippen LogP contribution >= 0.6 is 23.4 Å². The Morgan fingerprint density at radius 1 is 1.23 bits per heavy atom. The second-order valence-corrected chi connectivity index (χ2v) is 8.25. The van der Waals surface area contributed by atoms with Crippen molar-refractivity contribution < 1.29 is 9.59 Å². The van der Waals surface area contributed by atoms with Gasteiger partial charge in [-0.05, 0) is 44.2 Å². The van der Waals surface area contributed by atoms with E-state index in [-0.39, 0.29) is 11.8 Å². The van der Waals surface area contributed by atoms with Crippen LogP contribution in [0.25, 0.3) is 0 Å². The second-order valence-electron chi connectivity index (χ2n) is 6.53. The summed E-state index contributed by atoms with van der Waals surface area (Å²) >= 11 is 7.76. The van der Waals surface area contributed by atoms with Crippen LogP contribution in [-0.4, -0.2) is 35.6 Å². The Morgan fingerprint density at radius 2 is 1.96 bits per heavy atom. The van der Waals surface area contributed by atoms with Crippen LogP contribution in [0.3, 0.4) is 0 Å².